The molecule has 2 aromatic rings. The molecule has 2 aromatic carbocycles. The normalized spacial score (nSPS) is 17.7. The number of aliphatic imine (C=N–C) groups is 1. The molecule has 0 saturated carbocycles. The summed E-state index contributed by atoms with van der Waals surface area (Å²) in [6.07, 6.45) is 10.8. The van der Waals surface area contributed by atoms with Gasteiger partial charge in [0.2, 0.25) is 5.91 Å². The Balaban J connectivity index is 1.43. The predicted octanol–water partition coefficient (Wildman–Crippen LogP) is 4.28. The lowest BCUT2D eigenvalue weighted by Gasteiger charge is -2.24. The number of benzene rings is 2. The highest BCUT2D eigenvalue weighted by molar-refractivity contribution is 5.76. The second-order valence-corrected chi connectivity index (χ2v) is 7.32. The number of allylic oxidation sites excluding steroid dienone is 1. The average molecular weight is 376 g/mol. The quantitative estimate of drug-likeness (QED) is 0.595. The van der Waals surface area contributed by atoms with Crippen molar-refractivity contribution in [3.8, 4) is 5.75 Å². The van der Waals surface area contributed by atoms with E-state index in [1.165, 1.54) is 11.1 Å². The minimum atomic E-state index is -0.352. The molecule has 0 aromatic heterocycles. The fraction of sp³-hybridized carbons (Fsp3) is 0.333. The first-order valence-electron chi connectivity index (χ1n) is 9.92. The smallest absolute Gasteiger partial charge is 0.217 e. The number of aryl methyl sites for hydroxylation is 1. The fourth-order valence-electron chi connectivity index (χ4n) is 3.46. The number of ether oxygens (including phenoxy) is 1. The average Bonchev–Trinajstić information content (AvgIpc) is 3.17. The van der Waals surface area contributed by atoms with Crippen LogP contribution < -0.4 is 10.5 Å². The summed E-state index contributed by atoms with van der Waals surface area (Å²) in [5, 5.41) is 0. The molecule has 2 N–H and O–H groups in total. The zero-order chi connectivity index (χ0) is 19.7. The van der Waals surface area contributed by atoms with Crippen molar-refractivity contribution in [1.29, 1.82) is 0 Å². The third kappa shape index (κ3) is 6.08. The molecule has 0 aliphatic carbocycles. The van der Waals surface area contributed by atoms with E-state index >= 15 is 0 Å². The van der Waals surface area contributed by atoms with Crippen LogP contribution in [0, 0.1) is 0 Å². The second-order valence-electron chi connectivity index (χ2n) is 7.32. The van der Waals surface area contributed by atoms with Crippen LogP contribution in [0.15, 0.2) is 71.7 Å². The third-order valence-electron chi connectivity index (χ3n) is 5.03. The highest BCUT2D eigenvalue weighted by Crippen LogP contribution is 2.28. The highest BCUT2D eigenvalue weighted by atomic mass is 16.5. The van der Waals surface area contributed by atoms with Crippen LogP contribution in [0.3, 0.4) is 0 Å². The van der Waals surface area contributed by atoms with Gasteiger partial charge in [-0.25, -0.2) is 0 Å². The van der Waals surface area contributed by atoms with Crippen molar-refractivity contribution in [1.82, 2.24) is 0 Å². The van der Waals surface area contributed by atoms with Gasteiger partial charge in [-0.2, -0.15) is 0 Å². The van der Waals surface area contributed by atoms with Crippen molar-refractivity contribution in [3.63, 3.8) is 0 Å². The first-order chi connectivity index (χ1) is 13.7. The molecule has 3 rings (SSSR count). The Labute approximate surface area is 167 Å². The number of hydrogen-bond acceptors (Lipinski definition) is 3. The molecular weight excluding hydrogens is 348 g/mol. The number of amides is 1. The zero-order valence-corrected chi connectivity index (χ0v) is 16.2. The van der Waals surface area contributed by atoms with Gasteiger partial charge < -0.3 is 10.5 Å². The number of unbranched alkanes of at least 4 members (excludes halogenated alkanes) is 1. The summed E-state index contributed by atoms with van der Waals surface area (Å²) in [4.78, 5) is 15.7. The van der Waals surface area contributed by atoms with Crippen molar-refractivity contribution in [2.24, 2.45) is 10.7 Å². The van der Waals surface area contributed by atoms with Crippen molar-refractivity contribution < 1.29 is 9.53 Å². The van der Waals surface area contributed by atoms with Gasteiger partial charge in [0.25, 0.3) is 0 Å². The van der Waals surface area contributed by atoms with E-state index in [4.69, 9.17) is 10.5 Å². The number of primary amides is 1. The molecule has 1 aliphatic heterocycles. The molecule has 4 nitrogen and oxygen atoms in total. The largest absolute Gasteiger partial charge is 0.494 e. The van der Waals surface area contributed by atoms with E-state index < -0.39 is 0 Å². The van der Waals surface area contributed by atoms with Crippen LogP contribution in [0.4, 0.5) is 0 Å². The molecule has 4 heteroatoms. The number of carbonyl (C=O) groups excluding carboxylic acids is 1. The molecule has 28 heavy (non-hydrogen) atoms. The Kier molecular flexibility index (Phi) is 7.01. The first kappa shape index (κ1) is 19.9. The molecule has 146 valence electrons. The lowest BCUT2D eigenvalue weighted by atomic mass is 9.87. The Bertz CT molecular complexity index is 798. The van der Waals surface area contributed by atoms with E-state index in [1.807, 2.05) is 24.3 Å². The van der Waals surface area contributed by atoms with Crippen LogP contribution in [0.2, 0.25) is 0 Å². The zero-order valence-electron chi connectivity index (χ0n) is 16.2. The summed E-state index contributed by atoms with van der Waals surface area (Å²) in [6, 6.07) is 18.7. The van der Waals surface area contributed by atoms with Crippen LogP contribution in [-0.4, -0.2) is 24.3 Å². The lowest BCUT2D eigenvalue weighted by molar-refractivity contribution is -0.118. The van der Waals surface area contributed by atoms with Crippen LogP contribution >= 0.6 is 0 Å². The molecule has 0 radical (unpaired) electrons. The number of rotatable bonds is 11. The molecule has 1 amide bonds. The SMILES string of the molecule is NC(=O)CCC1(Cc2ccc(OCCCCc3ccccc3)cc2)C=CC=N1. The van der Waals surface area contributed by atoms with Crippen molar-refractivity contribution in [2.75, 3.05) is 6.61 Å². The Morgan fingerprint density at radius 2 is 1.79 bits per heavy atom. The Morgan fingerprint density at radius 1 is 1.00 bits per heavy atom. The van der Waals surface area contributed by atoms with E-state index in [9.17, 15) is 4.79 Å². The Hall–Kier alpha value is -2.88. The lowest BCUT2D eigenvalue weighted by Crippen LogP contribution is -2.27. The van der Waals surface area contributed by atoms with Crippen molar-refractivity contribution in [2.45, 2.75) is 44.1 Å². The van der Waals surface area contributed by atoms with Crippen molar-refractivity contribution >= 4 is 12.1 Å². The van der Waals surface area contributed by atoms with Gasteiger partial charge in [0.1, 0.15) is 5.75 Å². The number of nitrogens with zero attached hydrogens (tertiary/aromatic N) is 1. The molecule has 1 atom stereocenters. The molecule has 0 fully saturated rings. The van der Waals surface area contributed by atoms with Crippen LogP contribution in [-0.2, 0) is 17.6 Å². The molecule has 1 unspecified atom stereocenters. The molecule has 0 saturated heterocycles. The van der Waals surface area contributed by atoms with E-state index in [-0.39, 0.29) is 11.4 Å². The Morgan fingerprint density at radius 3 is 2.46 bits per heavy atom. The van der Waals surface area contributed by atoms with Crippen LogP contribution in [0.5, 0.6) is 5.75 Å². The standard InChI is InChI=1S/C24H28N2O2/c25-23(27)14-16-24(15-6-17-26-24)19-21-10-12-22(13-11-21)28-18-5-4-9-20-7-2-1-3-8-20/h1-3,6-8,10-13,15,17H,4-5,9,14,16,18-19H2,(H2,25,27). The van der Waals surface area contributed by atoms with Gasteiger partial charge >= 0.3 is 0 Å². The summed E-state index contributed by atoms with van der Waals surface area (Å²) in [6.45, 7) is 0.724. The highest BCUT2D eigenvalue weighted by Gasteiger charge is 2.28. The second kappa shape index (κ2) is 9.88. The summed E-state index contributed by atoms with van der Waals surface area (Å²) >= 11 is 0. The van der Waals surface area contributed by atoms with E-state index in [0.717, 1.165) is 38.0 Å². The van der Waals surface area contributed by atoms with Crippen LogP contribution in [0.25, 0.3) is 0 Å². The van der Waals surface area contributed by atoms with Gasteiger partial charge in [-0.15, -0.1) is 0 Å². The summed E-state index contributed by atoms with van der Waals surface area (Å²) in [7, 11) is 0. The molecule has 0 spiro atoms. The molecule has 1 aliphatic rings. The van der Waals surface area contributed by atoms with Gasteiger partial charge in [0.05, 0.1) is 12.1 Å². The fourth-order valence-corrected chi connectivity index (χ4v) is 3.46. The summed E-state index contributed by atoms with van der Waals surface area (Å²) in [5.41, 5.74) is 7.51. The van der Waals surface area contributed by atoms with Crippen molar-refractivity contribution in [3.05, 3.63) is 77.9 Å². The maximum Gasteiger partial charge on any atom is 0.217 e. The maximum atomic E-state index is 11.2. The van der Waals surface area contributed by atoms with Gasteiger partial charge in [0, 0.05) is 19.1 Å². The number of nitrogens with two attached hydrogens (primary N) is 1. The van der Waals surface area contributed by atoms with Gasteiger partial charge in [-0.3, -0.25) is 9.79 Å². The third-order valence-corrected chi connectivity index (χ3v) is 5.03. The number of carbonyl (C=O) groups is 1. The monoisotopic (exact) mass is 376 g/mol. The molecular formula is C24H28N2O2. The number of hydrogen-bond donors (Lipinski definition) is 1. The van der Waals surface area contributed by atoms with E-state index in [2.05, 4.69) is 47.5 Å². The van der Waals surface area contributed by atoms with Gasteiger partial charge in [0.15, 0.2) is 0 Å². The van der Waals surface area contributed by atoms with E-state index in [0.29, 0.717) is 12.8 Å². The van der Waals surface area contributed by atoms with Crippen LogP contribution in [0.1, 0.15) is 36.8 Å². The van der Waals surface area contributed by atoms with Gasteiger partial charge in [-0.05, 0) is 55.0 Å². The topological polar surface area (TPSA) is 64.7 Å². The van der Waals surface area contributed by atoms with Gasteiger partial charge in [-0.1, -0.05) is 48.5 Å². The first-order valence-corrected chi connectivity index (χ1v) is 9.92. The molecule has 0 bridgehead atoms. The summed E-state index contributed by atoms with van der Waals surface area (Å²) < 4.78 is 5.87. The summed E-state index contributed by atoms with van der Waals surface area (Å²) in [5.74, 6) is 0.603. The predicted molar refractivity (Wildman–Crippen MR) is 114 cm³/mol. The van der Waals surface area contributed by atoms with E-state index in [1.54, 1.807) is 6.21 Å². The minimum absolute atomic E-state index is 0.286. The minimum Gasteiger partial charge on any atom is -0.494 e. The maximum absolute atomic E-state index is 11.2. The molecule has 1 heterocycles.